The predicted octanol–water partition coefficient (Wildman–Crippen LogP) is 6.66. The lowest BCUT2D eigenvalue weighted by atomic mass is 9.98. The van der Waals surface area contributed by atoms with E-state index in [1.54, 1.807) is 36.9 Å². The van der Waals surface area contributed by atoms with E-state index in [9.17, 15) is 18.3 Å². The molecule has 3 aromatic carbocycles. The monoisotopic (exact) mass is 850 g/mol. The number of carbonyl (C=O) groups excluding carboxylic acids is 1. The summed E-state index contributed by atoms with van der Waals surface area (Å²) >= 11 is 0. The molecule has 13 nitrogen and oxygen atoms in total. The summed E-state index contributed by atoms with van der Waals surface area (Å²) in [4.78, 5) is 38.1. The fourth-order valence-electron chi connectivity index (χ4n) is 7.58. The van der Waals surface area contributed by atoms with Crippen molar-refractivity contribution >= 4 is 32.5 Å². The van der Waals surface area contributed by atoms with Crippen LogP contribution in [-0.4, -0.2) is 76.5 Å². The van der Waals surface area contributed by atoms with Gasteiger partial charge in [0.2, 0.25) is 10.0 Å². The SMILES string of the molecule is COC(=O)C(Cc1cc(CN(Cc2ccccn2)Cc2ccccn2)c(O)c(CN(Cc2ccccn2)Cc2ccccn2)c1)NS(=O)(=O)c1cccc2c(N(C)C)cccc12. The van der Waals surface area contributed by atoms with Crippen molar-refractivity contribution in [1.82, 2.24) is 34.5 Å². The largest absolute Gasteiger partial charge is 0.507 e. The molecule has 0 bridgehead atoms. The second-order valence-electron chi connectivity index (χ2n) is 15.3. The number of methoxy groups -OCH3 is 1. The first-order chi connectivity index (χ1) is 30.1. The van der Waals surface area contributed by atoms with Crippen LogP contribution in [0.1, 0.15) is 39.5 Å². The molecule has 318 valence electrons. The number of anilines is 1. The van der Waals surface area contributed by atoms with E-state index in [1.807, 2.05) is 122 Å². The van der Waals surface area contributed by atoms with E-state index < -0.39 is 22.0 Å². The number of rotatable bonds is 19. The molecule has 14 heteroatoms. The first kappa shape index (κ1) is 43.5. The van der Waals surface area contributed by atoms with E-state index in [2.05, 4.69) is 34.5 Å². The van der Waals surface area contributed by atoms with E-state index in [0.717, 1.165) is 33.8 Å². The Morgan fingerprint density at radius 1 is 0.629 bits per heavy atom. The number of aromatic nitrogens is 4. The summed E-state index contributed by atoms with van der Waals surface area (Å²) < 4.78 is 36.5. The van der Waals surface area contributed by atoms with Crippen LogP contribution in [0.25, 0.3) is 10.8 Å². The highest BCUT2D eigenvalue weighted by atomic mass is 32.2. The van der Waals surface area contributed by atoms with Crippen LogP contribution in [0, 0.1) is 0 Å². The molecule has 4 heterocycles. The van der Waals surface area contributed by atoms with Gasteiger partial charge in [0.05, 0.1) is 34.8 Å². The summed E-state index contributed by atoms with van der Waals surface area (Å²) in [5.41, 5.74) is 5.97. The van der Waals surface area contributed by atoms with E-state index in [-0.39, 0.29) is 30.2 Å². The Kier molecular flexibility index (Phi) is 14.3. The van der Waals surface area contributed by atoms with Gasteiger partial charge in [0.1, 0.15) is 11.8 Å². The number of sulfonamides is 1. The van der Waals surface area contributed by atoms with E-state index in [0.29, 0.717) is 48.3 Å². The number of carbonyl (C=O) groups is 1. The van der Waals surface area contributed by atoms with Crippen LogP contribution in [0.5, 0.6) is 5.75 Å². The second-order valence-corrected chi connectivity index (χ2v) is 16.9. The van der Waals surface area contributed by atoms with Crippen LogP contribution >= 0.6 is 0 Å². The molecule has 7 rings (SSSR count). The number of benzene rings is 3. The molecule has 0 aliphatic carbocycles. The van der Waals surface area contributed by atoms with Gasteiger partial charge in [-0.05, 0) is 72.6 Å². The molecule has 0 radical (unpaired) electrons. The number of ether oxygens (including phenoxy) is 1. The summed E-state index contributed by atoms with van der Waals surface area (Å²) in [5.74, 6) is -0.673. The summed E-state index contributed by atoms with van der Waals surface area (Å²) in [6.07, 6.45) is 6.91. The molecule has 2 N–H and O–H groups in total. The van der Waals surface area contributed by atoms with Gasteiger partial charge >= 0.3 is 5.97 Å². The number of nitrogens with zero attached hydrogens (tertiary/aromatic N) is 7. The molecule has 0 saturated heterocycles. The number of phenolic OH excluding ortho intramolecular Hbond substituents is 1. The van der Waals surface area contributed by atoms with E-state index >= 15 is 0 Å². The Labute approximate surface area is 362 Å². The third-order valence-electron chi connectivity index (χ3n) is 10.4. The number of nitrogens with one attached hydrogen (secondary N) is 1. The summed E-state index contributed by atoms with van der Waals surface area (Å²) in [5, 5.41) is 13.5. The molecule has 0 spiro atoms. The maximum Gasteiger partial charge on any atom is 0.324 e. The number of hydrogen-bond acceptors (Lipinski definition) is 12. The van der Waals surface area contributed by atoms with Crippen LogP contribution in [0.3, 0.4) is 0 Å². The zero-order valence-corrected chi connectivity index (χ0v) is 35.8. The van der Waals surface area contributed by atoms with Crippen LogP contribution in [0.15, 0.2) is 151 Å². The minimum atomic E-state index is -4.27. The standard InChI is InChI=1S/C48H50N8O5S/c1-54(2)45-20-12-19-43-42(45)18-13-21-46(43)62(59,60)53-44(48(58)61-3)28-35-26-36(29-55(31-38-14-4-8-22-49-38)32-39-15-5-9-23-50-39)47(57)37(27-35)30-56(33-40-16-6-10-24-51-40)34-41-17-7-11-25-52-41/h4-27,44,53,57H,28-34H2,1-3H3. The zero-order chi connectivity index (χ0) is 43.5. The van der Waals surface area contributed by atoms with Crippen molar-refractivity contribution in [3.63, 3.8) is 0 Å². The first-order valence-corrected chi connectivity index (χ1v) is 21.7. The lowest BCUT2D eigenvalue weighted by molar-refractivity contribution is -0.142. The van der Waals surface area contributed by atoms with Crippen molar-refractivity contribution in [2.75, 3.05) is 26.1 Å². The van der Waals surface area contributed by atoms with Gasteiger partial charge in [-0.2, -0.15) is 4.72 Å². The average Bonchev–Trinajstić information content (AvgIpc) is 3.28. The zero-order valence-electron chi connectivity index (χ0n) is 35.0. The highest BCUT2D eigenvalue weighted by Crippen LogP contribution is 2.32. The van der Waals surface area contributed by atoms with Crippen LogP contribution in [0.2, 0.25) is 0 Å². The predicted molar refractivity (Wildman–Crippen MR) is 239 cm³/mol. The fraction of sp³-hybridized carbons (Fsp3) is 0.229. The molecule has 1 atom stereocenters. The van der Waals surface area contributed by atoms with Gasteiger partial charge in [-0.25, -0.2) is 8.42 Å². The number of pyridine rings is 4. The summed E-state index contributed by atoms with van der Waals surface area (Å²) in [6, 6.07) is 35.9. The number of esters is 1. The van der Waals surface area contributed by atoms with Crippen molar-refractivity contribution in [3.8, 4) is 5.75 Å². The number of hydrogen-bond donors (Lipinski definition) is 2. The maximum absolute atomic E-state index is 14.3. The Balaban J connectivity index is 1.28. The van der Waals surface area contributed by atoms with Crippen molar-refractivity contribution in [2.45, 2.75) is 56.6 Å². The van der Waals surface area contributed by atoms with Gasteiger partial charge in [-0.1, -0.05) is 60.7 Å². The molecule has 0 saturated carbocycles. The number of phenols is 1. The quantitative estimate of drug-likeness (QED) is 0.0837. The van der Waals surface area contributed by atoms with E-state index in [1.165, 1.54) is 13.2 Å². The molecule has 4 aromatic heterocycles. The third kappa shape index (κ3) is 11.2. The van der Waals surface area contributed by atoms with Crippen LogP contribution < -0.4 is 9.62 Å². The molecule has 0 aliphatic rings. The third-order valence-corrected chi connectivity index (χ3v) is 11.9. The molecule has 7 aromatic rings. The van der Waals surface area contributed by atoms with Gasteiger partial charge in [0.25, 0.3) is 0 Å². The topological polar surface area (TPSA) is 154 Å². The van der Waals surface area contributed by atoms with Crippen LogP contribution in [-0.2, 0) is 65.2 Å². The van der Waals surface area contributed by atoms with Crippen molar-refractivity contribution in [3.05, 3.63) is 186 Å². The van der Waals surface area contributed by atoms with Crippen LogP contribution in [0.4, 0.5) is 5.69 Å². The normalized spacial score (nSPS) is 12.1. The molecule has 1 unspecified atom stereocenters. The minimum absolute atomic E-state index is 0.0408. The number of fused-ring (bicyclic) bond motifs is 1. The smallest absolute Gasteiger partial charge is 0.324 e. The molecular weight excluding hydrogens is 801 g/mol. The summed E-state index contributed by atoms with van der Waals surface area (Å²) in [7, 11) is 0.758. The average molecular weight is 851 g/mol. The molecule has 0 aliphatic heterocycles. The van der Waals surface area contributed by atoms with Crippen molar-refractivity contribution in [1.29, 1.82) is 0 Å². The van der Waals surface area contributed by atoms with E-state index in [4.69, 9.17) is 4.74 Å². The second kappa shape index (κ2) is 20.3. The van der Waals surface area contributed by atoms with Gasteiger partial charge in [-0.3, -0.25) is 34.5 Å². The Hall–Kier alpha value is -6.58. The first-order valence-electron chi connectivity index (χ1n) is 20.2. The molecule has 62 heavy (non-hydrogen) atoms. The van der Waals surface area contributed by atoms with Crippen molar-refractivity contribution < 1.29 is 23.1 Å². The van der Waals surface area contributed by atoms with Gasteiger partial charge in [0, 0.05) is 106 Å². The van der Waals surface area contributed by atoms with Gasteiger partial charge in [0.15, 0.2) is 0 Å². The van der Waals surface area contributed by atoms with Gasteiger partial charge < -0.3 is 14.7 Å². The highest BCUT2D eigenvalue weighted by Gasteiger charge is 2.29. The molecular formula is C48H50N8O5S. The molecule has 0 fully saturated rings. The highest BCUT2D eigenvalue weighted by molar-refractivity contribution is 7.89. The Morgan fingerprint density at radius 2 is 1.08 bits per heavy atom. The number of aromatic hydroxyl groups is 1. The maximum atomic E-state index is 14.3. The van der Waals surface area contributed by atoms with Crippen molar-refractivity contribution in [2.24, 2.45) is 0 Å². The molecule has 0 amide bonds. The lowest BCUT2D eigenvalue weighted by Crippen LogP contribution is -2.43. The lowest BCUT2D eigenvalue weighted by Gasteiger charge is -2.26. The Morgan fingerprint density at radius 3 is 1.50 bits per heavy atom. The Bertz CT molecular complexity index is 2480. The fourth-order valence-corrected chi connectivity index (χ4v) is 8.99. The van der Waals surface area contributed by atoms with Gasteiger partial charge in [-0.15, -0.1) is 0 Å². The summed E-state index contributed by atoms with van der Waals surface area (Å²) in [6.45, 7) is 2.36. The minimum Gasteiger partial charge on any atom is -0.507 e.